The molecule has 0 aromatic carbocycles. The Hall–Kier alpha value is -1.62. The molecule has 1 amide bonds. The fourth-order valence-electron chi connectivity index (χ4n) is 1.83. The van der Waals surface area contributed by atoms with Gasteiger partial charge in [-0.2, -0.15) is 0 Å². The minimum atomic E-state index is -0.937. The first kappa shape index (κ1) is 15.4. The summed E-state index contributed by atoms with van der Waals surface area (Å²) >= 11 is 5.70. The highest BCUT2D eigenvalue weighted by Gasteiger charge is 2.31. The van der Waals surface area contributed by atoms with Crippen LogP contribution >= 0.6 is 11.6 Å². The molecule has 0 aliphatic heterocycles. The Kier molecular flexibility index (Phi) is 5.30. The summed E-state index contributed by atoms with van der Waals surface area (Å²) in [6.45, 7) is 3.70. The van der Waals surface area contributed by atoms with E-state index in [1.165, 1.54) is 12.3 Å². The molecule has 0 atom stereocenters. The lowest BCUT2D eigenvalue weighted by molar-refractivity contribution is -0.138. The van der Waals surface area contributed by atoms with E-state index in [0.29, 0.717) is 17.9 Å². The van der Waals surface area contributed by atoms with Crippen molar-refractivity contribution in [1.82, 2.24) is 10.3 Å². The number of carboxylic acids is 1. The van der Waals surface area contributed by atoms with Gasteiger partial charge in [-0.1, -0.05) is 25.4 Å². The Labute approximate surface area is 117 Å². The Morgan fingerprint density at radius 2 is 2.00 bits per heavy atom. The van der Waals surface area contributed by atoms with E-state index < -0.39 is 11.5 Å². The summed E-state index contributed by atoms with van der Waals surface area (Å²) < 4.78 is 0. The molecule has 0 spiro atoms. The number of nitrogens with zero attached hydrogens (tertiary/aromatic N) is 1. The zero-order chi connectivity index (χ0) is 14.5. The van der Waals surface area contributed by atoms with Crippen molar-refractivity contribution in [3.63, 3.8) is 0 Å². The molecule has 0 radical (unpaired) electrons. The van der Waals surface area contributed by atoms with Gasteiger partial charge in [0.1, 0.15) is 5.69 Å². The van der Waals surface area contributed by atoms with Crippen molar-refractivity contribution < 1.29 is 14.7 Å². The number of carbonyl (C=O) groups excluding carboxylic acids is 1. The third kappa shape index (κ3) is 4.21. The topological polar surface area (TPSA) is 79.3 Å². The Morgan fingerprint density at radius 1 is 1.37 bits per heavy atom. The maximum Gasteiger partial charge on any atom is 0.305 e. The number of aromatic nitrogens is 1. The minimum Gasteiger partial charge on any atom is -0.481 e. The van der Waals surface area contributed by atoms with Gasteiger partial charge in [0, 0.05) is 6.20 Å². The standard InChI is InChI=1S/C13H17ClN2O3/c1-3-13(4-2,7-11(17)18)16-12(19)10-6-5-9(14)8-15-10/h5-6,8H,3-4,7H2,1-2H3,(H,16,19)(H,17,18). The maximum atomic E-state index is 12.1. The van der Waals surface area contributed by atoms with Crippen molar-refractivity contribution in [1.29, 1.82) is 0 Å². The van der Waals surface area contributed by atoms with Crippen LogP contribution in [-0.2, 0) is 4.79 Å². The number of hydrogen-bond donors (Lipinski definition) is 2. The van der Waals surface area contributed by atoms with E-state index in [0.717, 1.165) is 0 Å². The molecular weight excluding hydrogens is 268 g/mol. The van der Waals surface area contributed by atoms with Crippen molar-refractivity contribution in [2.75, 3.05) is 0 Å². The third-order valence-corrected chi connectivity index (χ3v) is 3.41. The summed E-state index contributed by atoms with van der Waals surface area (Å²) in [5.74, 6) is -1.32. The van der Waals surface area contributed by atoms with Gasteiger partial charge in [0.15, 0.2) is 0 Å². The van der Waals surface area contributed by atoms with Crippen LogP contribution in [0.15, 0.2) is 18.3 Å². The van der Waals surface area contributed by atoms with Gasteiger partial charge in [0.25, 0.3) is 5.91 Å². The van der Waals surface area contributed by atoms with Gasteiger partial charge >= 0.3 is 5.97 Å². The van der Waals surface area contributed by atoms with Gasteiger partial charge in [-0.25, -0.2) is 4.98 Å². The predicted octanol–water partition coefficient (Wildman–Crippen LogP) is 2.50. The van der Waals surface area contributed by atoms with Crippen LogP contribution in [0.5, 0.6) is 0 Å². The van der Waals surface area contributed by atoms with E-state index in [2.05, 4.69) is 10.3 Å². The Balaban J connectivity index is 2.87. The second kappa shape index (κ2) is 6.52. The first-order chi connectivity index (χ1) is 8.92. The fourth-order valence-corrected chi connectivity index (χ4v) is 1.94. The van der Waals surface area contributed by atoms with Crippen molar-refractivity contribution in [2.24, 2.45) is 0 Å². The lowest BCUT2D eigenvalue weighted by Gasteiger charge is -2.31. The van der Waals surface area contributed by atoms with Crippen LogP contribution in [0.25, 0.3) is 0 Å². The van der Waals surface area contributed by atoms with Crippen LogP contribution in [0.4, 0.5) is 0 Å². The smallest absolute Gasteiger partial charge is 0.305 e. The summed E-state index contributed by atoms with van der Waals surface area (Å²) in [4.78, 5) is 26.9. The second-order valence-corrected chi connectivity index (χ2v) is 4.81. The summed E-state index contributed by atoms with van der Waals surface area (Å²) in [6, 6.07) is 3.08. The zero-order valence-corrected chi connectivity index (χ0v) is 11.7. The summed E-state index contributed by atoms with van der Waals surface area (Å²) in [5, 5.41) is 12.2. The molecule has 0 unspecified atom stereocenters. The summed E-state index contributed by atoms with van der Waals surface area (Å²) in [7, 11) is 0. The number of hydrogen-bond acceptors (Lipinski definition) is 3. The van der Waals surface area contributed by atoms with Crippen molar-refractivity contribution in [3.8, 4) is 0 Å². The van der Waals surface area contributed by atoms with Crippen molar-refractivity contribution >= 4 is 23.5 Å². The number of amides is 1. The van der Waals surface area contributed by atoms with E-state index in [-0.39, 0.29) is 18.0 Å². The molecule has 2 N–H and O–H groups in total. The Morgan fingerprint density at radius 3 is 2.42 bits per heavy atom. The van der Waals surface area contributed by atoms with Crippen LogP contribution < -0.4 is 5.32 Å². The largest absolute Gasteiger partial charge is 0.481 e. The van der Waals surface area contributed by atoms with E-state index in [9.17, 15) is 9.59 Å². The number of aliphatic carboxylic acids is 1. The highest BCUT2D eigenvalue weighted by atomic mass is 35.5. The number of carboxylic acid groups (broad SMARTS) is 1. The average Bonchev–Trinajstić information content (AvgIpc) is 2.38. The van der Waals surface area contributed by atoms with Gasteiger partial charge in [0.2, 0.25) is 0 Å². The molecule has 1 rings (SSSR count). The molecule has 1 aromatic heterocycles. The van der Waals surface area contributed by atoms with Crippen LogP contribution in [0.1, 0.15) is 43.6 Å². The predicted molar refractivity (Wildman–Crippen MR) is 72.3 cm³/mol. The number of carbonyl (C=O) groups is 2. The summed E-state index contributed by atoms with van der Waals surface area (Å²) in [5.41, 5.74) is -0.523. The number of nitrogens with one attached hydrogen (secondary N) is 1. The van der Waals surface area contributed by atoms with Gasteiger partial charge in [-0.3, -0.25) is 9.59 Å². The summed E-state index contributed by atoms with van der Waals surface area (Å²) in [6.07, 6.45) is 2.34. The molecule has 0 saturated heterocycles. The van der Waals surface area contributed by atoms with Gasteiger partial charge in [0.05, 0.1) is 17.0 Å². The molecule has 0 bridgehead atoms. The van der Waals surface area contributed by atoms with E-state index in [1.807, 2.05) is 13.8 Å². The first-order valence-electron chi connectivity index (χ1n) is 6.08. The molecule has 19 heavy (non-hydrogen) atoms. The molecule has 0 fully saturated rings. The minimum absolute atomic E-state index is 0.112. The highest BCUT2D eigenvalue weighted by Crippen LogP contribution is 2.20. The van der Waals surface area contributed by atoms with Crippen molar-refractivity contribution in [2.45, 2.75) is 38.6 Å². The normalized spacial score (nSPS) is 11.1. The van der Waals surface area contributed by atoms with Crippen LogP contribution in [0, 0.1) is 0 Å². The van der Waals surface area contributed by atoms with Crippen LogP contribution in [0.2, 0.25) is 5.02 Å². The lowest BCUT2D eigenvalue weighted by atomic mass is 9.89. The van der Waals surface area contributed by atoms with Gasteiger partial charge in [-0.15, -0.1) is 0 Å². The van der Waals surface area contributed by atoms with Crippen LogP contribution in [-0.4, -0.2) is 27.5 Å². The molecule has 104 valence electrons. The van der Waals surface area contributed by atoms with Gasteiger partial charge in [-0.05, 0) is 25.0 Å². The van der Waals surface area contributed by atoms with Crippen LogP contribution in [0.3, 0.4) is 0 Å². The monoisotopic (exact) mass is 284 g/mol. The molecule has 0 saturated carbocycles. The molecule has 1 heterocycles. The first-order valence-corrected chi connectivity index (χ1v) is 6.46. The van der Waals surface area contributed by atoms with Gasteiger partial charge < -0.3 is 10.4 Å². The molecule has 1 aromatic rings. The molecule has 0 aliphatic carbocycles. The highest BCUT2D eigenvalue weighted by molar-refractivity contribution is 6.30. The SMILES string of the molecule is CCC(CC)(CC(=O)O)NC(=O)c1ccc(Cl)cn1. The van der Waals surface area contributed by atoms with E-state index in [1.54, 1.807) is 6.07 Å². The average molecular weight is 285 g/mol. The molecule has 5 nitrogen and oxygen atoms in total. The number of halogens is 1. The van der Waals surface area contributed by atoms with E-state index in [4.69, 9.17) is 16.7 Å². The zero-order valence-electron chi connectivity index (χ0n) is 10.9. The number of pyridine rings is 1. The number of rotatable bonds is 6. The Bertz CT molecular complexity index is 455. The fraction of sp³-hybridized carbons (Fsp3) is 0.462. The van der Waals surface area contributed by atoms with Crippen molar-refractivity contribution in [3.05, 3.63) is 29.0 Å². The maximum absolute atomic E-state index is 12.1. The molecule has 0 aliphatic rings. The third-order valence-electron chi connectivity index (χ3n) is 3.18. The quantitative estimate of drug-likeness (QED) is 0.841. The van der Waals surface area contributed by atoms with E-state index >= 15 is 0 Å². The second-order valence-electron chi connectivity index (χ2n) is 4.37. The molecule has 6 heteroatoms. The lowest BCUT2D eigenvalue weighted by Crippen LogP contribution is -2.49. The molecular formula is C13H17ClN2O3.